The van der Waals surface area contributed by atoms with Gasteiger partial charge in [-0.05, 0) is 50.9 Å². The average molecular weight is 459 g/mol. The van der Waals surface area contributed by atoms with Gasteiger partial charge in [0, 0.05) is 5.69 Å². The topological polar surface area (TPSA) is 32.3 Å². The fourth-order valence-corrected chi connectivity index (χ4v) is 4.60. The van der Waals surface area contributed by atoms with Crippen molar-refractivity contribution in [3.05, 3.63) is 29.3 Å². The summed E-state index contributed by atoms with van der Waals surface area (Å²) < 4.78 is 0. The van der Waals surface area contributed by atoms with Crippen molar-refractivity contribution in [3.63, 3.8) is 0 Å². The summed E-state index contributed by atoms with van der Waals surface area (Å²) in [6, 6.07) is 6.19. The number of benzene rings is 1. The molecule has 0 unspecified atom stereocenters. The van der Waals surface area contributed by atoms with Gasteiger partial charge in [-0.3, -0.25) is 9.69 Å². The van der Waals surface area contributed by atoms with E-state index in [4.69, 9.17) is 0 Å². The fraction of sp³-hybridized carbons (Fsp3) is 0.767. The van der Waals surface area contributed by atoms with Crippen LogP contribution in [-0.2, 0) is 4.79 Å². The molecule has 3 heteroatoms. The number of nitrogens with zero attached hydrogens (tertiary/aromatic N) is 1. The fourth-order valence-electron chi connectivity index (χ4n) is 4.60. The molecule has 0 aliphatic rings. The third kappa shape index (κ3) is 15.2. The second-order valence-corrected chi connectivity index (χ2v) is 10.0. The molecule has 1 aromatic rings. The van der Waals surface area contributed by atoms with E-state index >= 15 is 0 Å². The van der Waals surface area contributed by atoms with Crippen LogP contribution in [0.25, 0.3) is 0 Å². The van der Waals surface area contributed by atoms with Crippen LogP contribution in [0.1, 0.15) is 128 Å². The molecule has 1 aromatic carbocycles. The first-order valence-electron chi connectivity index (χ1n) is 14.2. The second kappa shape index (κ2) is 20.1. The lowest BCUT2D eigenvalue weighted by Crippen LogP contribution is -2.35. The van der Waals surface area contributed by atoms with Gasteiger partial charge in [-0.25, -0.2) is 0 Å². The zero-order chi connectivity index (χ0) is 24.2. The Labute approximate surface area is 206 Å². The molecular formula is C30H54N2O. The van der Waals surface area contributed by atoms with E-state index in [0.29, 0.717) is 6.54 Å². The van der Waals surface area contributed by atoms with Gasteiger partial charge in [-0.15, -0.1) is 0 Å². The quantitative estimate of drug-likeness (QED) is 0.187. The number of hydrogen-bond donors (Lipinski definition) is 1. The van der Waals surface area contributed by atoms with Crippen molar-refractivity contribution < 1.29 is 4.79 Å². The van der Waals surface area contributed by atoms with Gasteiger partial charge >= 0.3 is 0 Å². The molecular weight excluding hydrogens is 404 g/mol. The molecule has 1 N–H and O–H groups in total. The Kier molecular flexibility index (Phi) is 18.0. The minimum Gasteiger partial charge on any atom is -0.324 e. The molecule has 190 valence electrons. The summed E-state index contributed by atoms with van der Waals surface area (Å²) in [5, 5.41) is 3.19. The molecule has 0 spiro atoms. The zero-order valence-electron chi connectivity index (χ0n) is 22.5. The van der Waals surface area contributed by atoms with Crippen molar-refractivity contribution >= 4 is 11.6 Å². The molecule has 0 atom stereocenters. The Bertz CT molecular complexity index is 573. The van der Waals surface area contributed by atoms with Crippen LogP contribution in [0.5, 0.6) is 0 Å². The van der Waals surface area contributed by atoms with E-state index in [1.165, 1.54) is 103 Å². The Morgan fingerprint density at radius 3 is 1.48 bits per heavy atom. The maximum atomic E-state index is 12.8. The first kappa shape index (κ1) is 29.7. The van der Waals surface area contributed by atoms with Crippen molar-refractivity contribution in [1.82, 2.24) is 4.90 Å². The number of rotatable bonds is 21. The number of unbranched alkanes of at least 4 members (excludes halogenated alkanes) is 14. The molecule has 0 fully saturated rings. The number of hydrogen-bond acceptors (Lipinski definition) is 2. The van der Waals surface area contributed by atoms with Gasteiger partial charge in [0.1, 0.15) is 0 Å². The molecule has 0 heterocycles. The lowest BCUT2D eigenvalue weighted by atomic mass is 10.1. The van der Waals surface area contributed by atoms with Crippen LogP contribution in [0.4, 0.5) is 5.69 Å². The number of aryl methyl sites for hydroxylation is 2. The maximum Gasteiger partial charge on any atom is 0.238 e. The zero-order valence-corrected chi connectivity index (χ0v) is 22.5. The van der Waals surface area contributed by atoms with Crippen LogP contribution in [0.15, 0.2) is 18.2 Å². The normalized spacial score (nSPS) is 11.3. The SMILES string of the molecule is CCCCCCCCCCN(CCCCCCCCCC)CC(=O)Nc1c(C)cccc1C. The Hall–Kier alpha value is -1.35. The number of nitrogens with one attached hydrogen (secondary N) is 1. The predicted octanol–water partition coefficient (Wildman–Crippen LogP) is 8.83. The highest BCUT2D eigenvalue weighted by Crippen LogP contribution is 2.19. The molecule has 3 nitrogen and oxygen atoms in total. The smallest absolute Gasteiger partial charge is 0.238 e. The van der Waals surface area contributed by atoms with E-state index in [1.54, 1.807) is 0 Å². The summed E-state index contributed by atoms with van der Waals surface area (Å²) >= 11 is 0. The molecule has 1 amide bonds. The van der Waals surface area contributed by atoms with Crippen LogP contribution in [0.3, 0.4) is 0 Å². The Morgan fingerprint density at radius 1 is 0.667 bits per heavy atom. The van der Waals surface area contributed by atoms with Crippen molar-refractivity contribution in [2.75, 3.05) is 25.0 Å². The van der Waals surface area contributed by atoms with E-state index in [0.717, 1.165) is 29.9 Å². The molecule has 0 aromatic heterocycles. The summed E-state index contributed by atoms with van der Waals surface area (Å²) in [6.07, 6.45) is 21.3. The number of carbonyl (C=O) groups excluding carboxylic acids is 1. The van der Waals surface area contributed by atoms with Gasteiger partial charge in [-0.1, -0.05) is 122 Å². The first-order chi connectivity index (χ1) is 16.1. The average Bonchev–Trinajstić information content (AvgIpc) is 2.79. The molecule has 1 rings (SSSR count). The minimum atomic E-state index is 0.131. The second-order valence-electron chi connectivity index (χ2n) is 10.0. The minimum absolute atomic E-state index is 0.131. The van der Waals surface area contributed by atoms with E-state index in [1.807, 2.05) is 0 Å². The van der Waals surface area contributed by atoms with Crippen molar-refractivity contribution in [3.8, 4) is 0 Å². The van der Waals surface area contributed by atoms with E-state index in [-0.39, 0.29) is 5.91 Å². The standard InChI is InChI=1S/C30H54N2O/c1-5-7-9-11-13-15-17-19-24-32(25-20-18-16-14-12-10-8-6-2)26-29(33)31-30-27(3)22-21-23-28(30)4/h21-23H,5-20,24-26H2,1-4H3,(H,31,33). The monoisotopic (exact) mass is 458 g/mol. The van der Waals surface area contributed by atoms with Crippen LogP contribution in [-0.4, -0.2) is 30.4 Å². The highest BCUT2D eigenvalue weighted by molar-refractivity contribution is 5.93. The van der Waals surface area contributed by atoms with E-state index < -0.39 is 0 Å². The largest absolute Gasteiger partial charge is 0.324 e. The highest BCUT2D eigenvalue weighted by atomic mass is 16.2. The Morgan fingerprint density at radius 2 is 1.06 bits per heavy atom. The van der Waals surface area contributed by atoms with Crippen LogP contribution >= 0.6 is 0 Å². The number of amides is 1. The summed E-state index contributed by atoms with van der Waals surface area (Å²) in [6.45, 7) is 11.3. The van der Waals surface area contributed by atoms with Crippen LogP contribution < -0.4 is 5.32 Å². The summed E-state index contributed by atoms with van der Waals surface area (Å²) in [5.41, 5.74) is 3.27. The van der Waals surface area contributed by atoms with Crippen molar-refractivity contribution in [2.45, 2.75) is 130 Å². The molecule has 0 saturated heterocycles. The van der Waals surface area contributed by atoms with Gasteiger partial charge in [0.25, 0.3) is 0 Å². The van der Waals surface area contributed by atoms with Crippen molar-refractivity contribution in [2.24, 2.45) is 0 Å². The van der Waals surface area contributed by atoms with Gasteiger partial charge < -0.3 is 5.32 Å². The molecule has 0 aliphatic carbocycles. The molecule has 0 aliphatic heterocycles. The van der Waals surface area contributed by atoms with E-state index in [2.05, 4.69) is 56.1 Å². The van der Waals surface area contributed by atoms with E-state index in [9.17, 15) is 4.79 Å². The van der Waals surface area contributed by atoms with Crippen LogP contribution in [0, 0.1) is 13.8 Å². The van der Waals surface area contributed by atoms with Crippen molar-refractivity contribution in [1.29, 1.82) is 0 Å². The first-order valence-corrected chi connectivity index (χ1v) is 14.2. The summed E-state index contributed by atoms with van der Waals surface area (Å²) in [4.78, 5) is 15.2. The Balaban J connectivity index is 2.40. The lowest BCUT2D eigenvalue weighted by Gasteiger charge is -2.22. The number of para-hydroxylation sites is 1. The molecule has 0 radical (unpaired) electrons. The number of carbonyl (C=O) groups is 1. The van der Waals surface area contributed by atoms with Crippen LogP contribution in [0.2, 0.25) is 0 Å². The number of anilines is 1. The molecule has 33 heavy (non-hydrogen) atoms. The highest BCUT2D eigenvalue weighted by Gasteiger charge is 2.13. The lowest BCUT2D eigenvalue weighted by molar-refractivity contribution is -0.117. The van der Waals surface area contributed by atoms with Gasteiger partial charge in [-0.2, -0.15) is 0 Å². The summed E-state index contributed by atoms with van der Waals surface area (Å²) in [5.74, 6) is 0.131. The third-order valence-electron chi connectivity index (χ3n) is 6.77. The molecule has 0 bridgehead atoms. The van der Waals surface area contributed by atoms with Gasteiger partial charge in [0.15, 0.2) is 0 Å². The molecule has 0 saturated carbocycles. The van der Waals surface area contributed by atoms with Gasteiger partial charge in [0.2, 0.25) is 5.91 Å². The van der Waals surface area contributed by atoms with Gasteiger partial charge in [0.05, 0.1) is 6.54 Å². The third-order valence-corrected chi connectivity index (χ3v) is 6.77. The maximum absolute atomic E-state index is 12.8. The summed E-state index contributed by atoms with van der Waals surface area (Å²) in [7, 11) is 0. The predicted molar refractivity (Wildman–Crippen MR) is 146 cm³/mol.